The molecule has 5 rings (SSSR count). The number of hydrogen-bond donors (Lipinski definition) is 0. The van der Waals surface area contributed by atoms with Crippen LogP contribution < -0.4 is 4.90 Å². The van der Waals surface area contributed by atoms with Gasteiger partial charge in [-0.2, -0.15) is 0 Å². The fourth-order valence-corrected chi connectivity index (χ4v) is 4.74. The minimum Gasteiger partial charge on any atom is -0.467 e. The highest BCUT2D eigenvalue weighted by molar-refractivity contribution is 6.02. The summed E-state index contributed by atoms with van der Waals surface area (Å²) in [6, 6.07) is 22.6. The van der Waals surface area contributed by atoms with E-state index in [9.17, 15) is 9.59 Å². The van der Waals surface area contributed by atoms with E-state index in [0.717, 1.165) is 23.5 Å². The van der Waals surface area contributed by atoms with Gasteiger partial charge in [0.15, 0.2) is 0 Å². The molecule has 0 N–H and O–H groups in total. The number of benzene rings is 2. The molecule has 1 aliphatic heterocycles. The summed E-state index contributed by atoms with van der Waals surface area (Å²) in [5.74, 6) is 0.350. The van der Waals surface area contributed by atoms with E-state index in [1.165, 1.54) is 5.56 Å². The third-order valence-electron chi connectivity index (χ3n) is 6.60. The van der Waals surface area contributed by atoms with E-state index in [2.05, 4.69) is 11.5 Å². The van der Waals surface area contributed by atoms with Crippen molar-refractivity contribution in [1.82, 2.24) is 9.47 Å². The lowest BCUT2D eigenvalue weighted by atomic mass is 10.0. The molecule has 0 bridgehead atoms. The maximum Gasteiger partial charge on any atom is 0.254 e. The largest absolute Gasteiger partial charge is 0.467 e. The van der Waals surface area contributed by atoms with Gasteiger partial charge >= 0.3 is 0 Å². The highest BCUT2D eigenvalue weighted by Crippen LogP contribution is 2.42. The first kappa shape index (κ1) is 22.7. The number of carbonyl (C=O) groups excluding carboxylic acids is 2. The Labute approximate surface area is 205 Å². The quantitative estimate of drug-likeness (QED) is 0.370. The van der Waals surface area contributed by atoms with Gasteiger partial charge in [0.05, 0.1) is 23.3 Å². The Kier molecular flexibility index (Phi) is 6.03. The Bertz CT molecular complexity index is 1340. The first-order valence-electron chi connectivity index (χ1n) is 12.0. The minimum atomic E-state index is -0.435. The maximum atomic E-state index is 14.0. The number of aryl methyl sites for hydroxylation is 1. The fraction of sp³-hybridized carbons (Fsp3) is 0.241. The van der Waals surface area contributed by atoms with Crippen LogP contribution >= 0.6 is 0 Å². The molecule has 2 aromatic carbocycles. The molecule has 2 amide bonds. The molecule has 0 spiro atoms. The summed E-state index contributed by atoms with van der Waals surface area (Å²) >= 11 is 0. The van der Waals surface area contributed by atoms with Crippen molar-refractivity contribution in [2.24, 2.45) is 0 Å². The van der Waals surface area contributed by atoms with Crippen molar-refractivity contribution < 1.29 is 14.0 Å². The lowest BCUT2D eigenvalue weighted by Gasteiger charge is -2.38. The van der Waals surface area contributed by atoms with E-state index in [1.54, 1.807) is 16.1 Å². The van der Waals surface area contributed by atoms with E-state index < -0.39 is 6.04 Å². The van der Waals surface area contributed by atoms with Crippen LogP contribution in [0.1, 0.15) is 54.2 Å². The first-order valence-corrected chi connectivity index (χ1v) is 12.0. The summed E-state index contributed by atoms with van der Waals surface area (Å²) in [5, 5.41) is 0. The molecular formula is C29H29N3O3. The third-order valence-corrected chi connectivity index (χ3v) is 6.60. The smallest absolute Gasteiger partial charge is 0.254 e. The Morgan fingerprint density at radius 3 is 2.34 bits per heavy atom. The van der Waals surface area contributed by atoms with Crippen LogP contribution in [0.25, 0.3) is 5.69 Å². The molecule has 4 aromatic rings. The SMILES string of the molecule is CCc1ccc(C(=O)N(CC(=O)N2c3ccccc3-n3cccc3C2c2ccco2)C(C)C)cc1. The van der Waals surface area contributed by atoms with Gasteiger partial charge in [0, 0.05) is 17.8 Å². The van der Waals surface area contributed by atoms with Crippen molar-refractivity contribution in [3.05, 3.63) is 108 Å². The van der Waals surface area contributed by atoms with E-state index in [0.29, 0.717) is 11.3 Å². The van der Waals surface area contributed by atoms with Crippen LogP contribution in [0.15, 0.2) is 89.7 Å². The molecule has 1 unspecified atom stereocenters. The molecule has 0 aliphatic carbocycles. The van der Waals surface area contributed by atoms with Crippen molar-refractivity contribution in [2.45, 2.75) is 39.3 Å². The summed E-state index contributed by atoms with van der Waals surface area (Å²) in [5.41, 5.74) is 4.39. The van der Waals surface area contributed by atoms with E-state index in [-0.39, 0.29) is 24.4 Å². The number of furan rings is 1. The number of hydrogen-bond acceptors (Lipinski definition) is 3. The zero-order valence-electron chi connectivity index (χ0n) is 20.2. The van der Waals surface area contributed by atoms with Gasteiger partial charge < -0.3 is 13.9 Å². The van der Waals surface area contributed by atoms with Crippen molar-refractivity contribution >= 4 is 17.5 Å². The third kappa shape index (κ3) is 4.05. The lowest BCUT2D eigenvalue weighted by Crippen LogP contribution is -2.48. The van der Waals surface area contributed by atoms with E-state index in [4.69, 9.17) is 4.42 Å². The average Bonchev–Trinajstić information content (AvgIpc) is 3.58. The van der Waals surface area contributed by atoms with Crippen LogP contribution in [0, 0.1) is 0 Å². The van der Waals surface area contributed by atoms with E-state index >= 15 is 0 Å². The molecular weight excluding hydrogens is 438 g/mol. The number of anilines is 1. The molecule has 2 aromatic heterocycles. The standard InChI is InChI=1S/C29H29N3O3/c1-4-21-13-15-22(16-14-21)29(34)31(20(2)3)19-27(33)32-24-10-6-5-9-23(24)30-17-7-11-25(30)28(32)26-12-8-18-35-26/h5-18,20,28H,4,19H2,1-3H3. The first-order chi connectivity index (χ1) is 17.0. The van der Waals surface area contributed by atoms with Crippen molar-refractivity contribution in [1.29, 1.82) is 0 Å². The van der Waals surface area contributed by atoms with Crippen LogP contribution in [0.5, 0.6) is 0 Å². The van der Waals surface area contributed by atoms with Crippen LogP contribution in [0.3, 0.4) is 0 Å². The number of nitrogens with zero attached hydrogens (tertiary/aromatic N) is 3. The number of para-hydroxylation sites is 2. The summed E-state index contributed by atoms with van der Waals surface area (Å²) in [6.45, 7) is 5.91. The zero-order chi connectivity index (χ0) is 24.5. The molecule has 6 nitrogen and oxygen atoms in total. The molecule has 0 saturated carbocycles. The van der Waals surface area contributed by atoms with E-state index in [1.807, 2.05) is 92.8 Å². The Hall–Kier alpha value is -4.06. The second-order valence-electron chi connectivity index (χ2n) is 9.05. The van der Waals surface area contributed by atoms with Gasteiger partial charge in [-0.05, 0) is 74.4 Å². The number of aromatic nitrogens is 1. The molecule has 3 heterocycles. The molecule has 0 saturated heterocycles. The van der Waals surface area contributed by atoms with Crippen LogP contribution in [-0.2, 0) is 11.2 Å². The number of carbonyl (C=O) groups is 2. The highest BCUT2D eigenvalue weighted by Gasteiger charge is 2.38. The molecule has 1 atom stereocenters. The topological polar surface area (TPSA) is 58.7 Å². The normalized spacial score (nSPS) is 14.5. The zero-order valence-corrected chi connectivity index (χ0v) is 20.2. The Morgan fingerprint density at radius 2 is 1.69 bits per heavy atom. The van der Waals surface area contributed by atoms with Gasteiger partial charge in [-0.15, -0.1) is 0 Å². The van der Waals surface area contributed by atoms with Crippen LogP contribution in [0.4, 0.5) is 5.69 Å². The number of amides is 2. The van der Waals surface area contributed by atoms with Gasteiger partial charge in [-0.25, -0.2) is 0 Å². The van der Waals surface area contributed by atoms with Crippen molar-refractivity contribution in [2.75, 3.05) is 11.4 Å². The summed E-state index contributed by atoms with van der Waals surface area (Å²) in [7, 11) is 0. The van der Waals surface area contributed by atoms with Crippen molar-refractivity contribution in [3.8, 4) is 5.69 Å². The van der Waals surface area contributed by atoms with Gasteiger partial charge in [0.25, 0.3) is 5.91 Å². The predicted molar refractivity (Wildman–Crippen MR) is 136 cm³/mol. The highest BCUT2D eigenvalue weighted by atomic mass is 16.3. The number of rotatable bonds is 6. The van der Waals surface area contributed by atoms with Gasteiger partial charge in [0.2, 0.25) is 5.91 Å². The molecule has 178 valence electrons. The van der Waals surface area contributed by atoms with Crippen LogP contribution in [-0.4, -0.2) is 33.9 Å². The maximum absolute atomic E-state index is 14.0. The second kappa shape index (κ2) is 9.29. The molecule has 0 fully saturated rings. The molecule has 6 heteroatoms. The minimum absolute atomic E-state index is 0.0434. The van der Waals surface area contributed by atoms with Gasteiger partial charge in [0.1, 0.15) is 18.3 Å². The molecule has 35 heavy (non-hydrogen) atoms. The average molecular weight is 468 g/mol. The lowest BCUT2D eigenvalue weighted by molar-refractivity contribution is -0.120. The second-order valence-corrected chi connectivity index (χ2v) is 9.05. The number of fused-ring (bicyclic) bond motifs is 3. The van der Waals surface area contributed by atoms with Gasteiger partial charge in [-0.3, -0.25) is 14.5 Å². The summed E-state index contributed by atoms with van der Waals surface area (Å²) in [6.07, 6.45) is 4.52. The summed E-state index contributed by atoms with van der Waals surface area (Å²) < 4.78 is 7.89. The molecule has 0 radical (unpaired) electrons. The van der Waals surface area contributed by atoms with Crippen molar-refractivity contribution in [3.63, 3.8) is 0 Å². The summed E-state index contributed by atoms with van der Waals surface area (Å²) in [4.78, 5) is 30.9. The Morgan fingerprint density at radius 1 is 0.943 bits per heavy atom. The van der Waals surface area contributed by atoms with Gasteiger partial charge in [-0.1, -0.05) is 31.2 Å². The fourth-order valence-electron chi connectivity index (χ4n) is 4.74. The predicted octanol–water partition coefficient (Wildman–Crippen LogP) is 5.62. The Balaban J connectivity index is 1.52. The molecule has 1 aliphatic rings. The van der Waals surface area contributed by atoms with Crippen LogP contribution in [0.2, 0.25) is 0 Å². The monoisotopic (exact) mass is 467 g/mol.